The van der Waals surface area contributed by atoms with Crippen molar-refractivity contribution in [1.29, 1.82) is 0 Å². The van der Waals surface area contributed by atoms with E-state index in [9.17, 15) is 8.42 Å². The van der Waals surface area contributed by atoms with E-state index in [4.69, 9.17) is 5.11 Å². The van der Waals surface area contributed by atoms with Crippen molar-refractivity contribution in [3.8, 4) is 0 Å². The second kappa shape index (κ2) is 7.00. The minimum Gasteiger partial charge on any atom is -0.396 e. The molecule has 0 amide bonds. The maximum absolute atomic E-state index is 12.5. The van der Waals surface area contributed by atoms with Crippen LogP contribution in [0.1, 0.15) is 18.2 Å². The largest absolute Gasteiger partial charge is 0.396 e. The van der Waals surface area contributed by atoms with Crippen LogP contribution in [0.25, 0.3) is 0 Å². The molecule has 0 unspecified atom stereocenters. The predicted octanol–water partition coefficient (Wildman–Crippen LogP) is 0.999. The Morgan fingerprint density at radius 2 is 1.95 bits per heavy atom. The highest BCUT2D eigenvalue weighted by atomic mass is 32.2. The van der Waals surface area contributed by atoms with Crippen molar-refractivity contribution >= 4 is 21.4 Å². The van der Waals surface area contributed by atoms with E-state index in [1.54, 1.807) is 16.4 Å². The molecule has 114 valence electrons. The van der Waals surface area contributed by atoms with Crippen LogP contribution in [0.5, 0.6) is 0 Å². The van der Waals surface area contributed by atoms with Crippen LogP contribution in [0.15, 0.2) is 16.3 Å². The molecular formula is C13H22N2O3S2. The van der Waals surface area contributed by atoms with Crippen LogP contribution >= 0.6 is 11.3 Å². The summed E-state index contributed by atoms with van der Waals surface area (Å²) in [6, 6.07) is 3.45. The van der Waals surface area contributed by atoms with Gasteiger partial charge in [0.15, 0.2) is 0 Å². The predicted molar refractivity (Wildman–Crippen MR) is 80.6 cm³/mol. The molecule has 2 heterocycles. The number of piperazine rings is 1. The van der Waals surface area contributed by atoms with Gasteiger partial charge in [0.1, 0.15) is 4.21 Å². The van der Waals surface area contributed by atoms with Crippen LogP contribution < -0.4 is 0 Å². The summed E-state index contributed by atoms with van der Waals surface area (Å²) in [7, 11) is -3.35. The lowest BCUT2D eigenvalue weighted by molar-refractivity contribution is 0.189. The van der Waals surface area contributed by atoms with Gasteiger partial charge in [0.05, 0.1) is 0 Å². The minimum absolute atomic E-state index is 0.0513. The van der Waals surface area contributed by atoms with Gasteiger partial charge in [-0.25, -0.2) is 8.42 Å². The van der Waals surface area contributed by atoms with Crippen LogP contribution in [0.3, 0.4) is 0 Å². The molecule has 1 aromatic heterocycles. The van der Waals surface area contributed by atoms with Gasteiger partial charge in [-0.1, -0.05) is 6.92 Å². The SMILES string of the molecule is CCCN1CCN(S(=O)(=O)c2ccc(CCO)s2)CC1. The normalized spacial score (nSPS) is 18.5. The van der Waals surface area contributed by atoms with Crippen molar-refractivity contribution in [2.24, 2.45) is 0 Å². The number of aliphatic hydroxyl groups excluding tert-OH is 1. The van der Waals surface area contributed by atoms with E-state index >= 15 is 0 Å². The molecule has 1 saturated heterocycles. The third-order valence-electron chi connectivity index (χ3n) is 3.46. The number of rotatable bonds is 6. The molecule has 2 rings (SSSR count). The third-order valence-corrected chi connectivity index (χ3v) is 6.97. The molecule has 0 spiro atoms. The fourth-order valence-electron chi connectivity index (χ4n) is 2.38. The number of aliphatic hydroxyl groups is 1. The van der Waals surface area contributed by atoms with E-state index in [-0.39, 0.29) is 6.61 Å². The summed E-state index contributed by atoms with van der Waals surface area (Å²) in [6.45, 7) is 5.97. The molecule has 0 atom stereocenters. The van der Waals surface area contributed by atoms with Gasteiger partial charge in [-0.3, -0.25) is 0 Å². The summed E-state index contributed by atoms with van der Waals surface area (Å²) in [5.41, 5.74) is 0. The Labute approximate surface area is 124 Å². The number of hydrogen-bond acceptors (Lipinski definition) is 5. The summed E-state index contributed by atoms with van der Waals surface area (Å²) in [6.07, 6.45) is 1.62. The Hall–Kier alpha value is -0.470. The fraction of sp³-hybridized carbons (Fsp3) is 0.692. The number of hydrogen-bond donors (Lipinski definition) is 1. The van der Waals surface area contributed by atoms with Crippen LogP contribution in [-0.4, -0.2) is 62.1 Å². The molecule has 1 aromatic rings. The average molecular weight is 318 g/mol. The summed E-state index contributed by atoms with van der Waals surface area (Å²) < 4.78 is 27.0. The molecular weight excluding hydrogens is 296 g/mol. The molecule has 0 bridgehead atoms. The van der Waals surface area contributed by atoms with E-state index < -0.39 is 10.0 Å². The van der Waals surface area contributed by atoms with Gasteiger partial charge in [-0.2, -0.15) is 4.31 Å². The lowest BCUT2D eigenvalue weighted by Gasteiger charge is -2.33. The zero-order valence-corrected chi connectivity index (χ0v) is 13.4. The van der Waals surface area contributed by atoms with Crippen molar-refractivity contribution in [3.63, 3.8) is 0 Å². The molecule has 0 aliphatic carbocycles. The fourth-order valence-corrected chi connectivity index (χ4v) is 5.30. The van der Waals surface area contributed by atoms with E-state index in [1.807, 2.05) is 0 Å². The van der Waals surface area contributed by atoms with E-state index in [0.29, 0.717) is 23.7 Å². The molecule has 1 fully saturated rings. The molecule has 1 aliphatic heterocycles. The third kappa shape index (κ3) is 3.59. The van der Waals surface area contributed by atoms with Crippen molar-refractivity contribution in [2.75, 3.05) is 39.3 Å². The molecule has 0 radical (unpaired) electrons. The van der Waals surface area contributed by atoms with Gasteiger partial charge in [0.25, 0.3) is 10.0 Å². The Morgan fingerprint density at radius 1 is 1.25 bits per heavy atom. The molecule has 0 aromatic carbocycles. The standard InChI is InChI=1S/C13H22N2O3S2/c1-2-6-14-7-9-15(10-8-14)20(17,18)13-4-3-12(19-13)5-11-16/h3-4,16H,2,5-11H2,1H3. The molecule has 5 nitrogen and oxygen atoms in total. The quantitative estimate of drug-likeness (QED) is 0.850. The zero-order chi connectivity index (χ0) is 14.6. The van der Waals surface area contributed by atoms with Crippen molar-refractivity contribution in [1.82, 2.24) is 9.21 Å². The Morgan fingerprint density at radius 3 is 2.55 bits per heavy atom. The monoisotopic (exact) mass is 318 g/mol. The van der Waals surface area contributed by atoms with Crippen LogP contribution in [0.2, 0.25) is 0 Å². The van der Waals surface area contributed by atoms with Gasteiger partial charge >= 0.3 is 0 Å². The van der Waals surface area contributed by atoms with Gasteiger partial charge in [0.2, 0.25) is 0 Å². The van der Waals surface area contributed by atoms with Crippen LogP contribution in [-0.2, 0) is 16.4 Å². The first kappa shape index (κ1) is 15.9. The highest BCUT2D eigenvalue weighted by Gasteiger charge is 2.29. The molecule has 1 aliphatic rings. The lowest BCUT2D eigenvalue weighted by Crippen LogP contribution is -2.48. The topological polar surface area (TPSA) is 60.9 Å². The van der Waals surface area contributed by atoms with Crippen molar-refractivity contribution in [3.05, 3.63) is 17.0 Å². The summed E-state index contributed by atoms with van der Waals surface area (Å²) in [5, 5.41) is 8.90. The smallest absolute Gasteiger partial charge is 0.252 e. The molecule has 7 heteroatoms. The molecule has 1 N–H and O–H groups in total. The number of sulfonamides is 1. The van der Waals surface area contributed by atoms with Gasteiger partial charge < -0.3 is 10.0 Å². The van der Waals surface area contributed by atoms with Gasteiger partial charge in [0, 0.05) is 44.1 Å². The Bertz CT molecular complexity index is 519. The number of thiophene rings is 1. The Balaban J connectivity index is 2.03. The molecule has 0 saturated carbocycles. The second-order valence-electron chi connectivity index (χ2n) is 4.94. The van der Waals surface area contributed by atoms with Crippen molar-refractivity contribution in [2.45, 2.75) is 24.0 Å². The first-order valence-electron chi connectivity index (χ1n) is 7.00. The highest BCUT2D eigenvalue weighted by Crippen LogP contribution is 2.26. The van der Waals surface area contributed by atoms with Gasteiger partial charge in [-0.05, 0) is 25.1 Å². The highest BCUT2D eigenvalue weighted by molar-refractivity contribution is 7.91. The number of nitrogens with zero attached hydrogens (tertiary/aromatic N) is 2. The maximum atomic E-state index is 12.5. The van der Waals surface area contributed by atoms with E-state index in [1.165, 1.54) is 11.3 Å². The van der Waals surface area contributed by atoms with E-state index in [0.717, 1.165) is 30.9 Å². The first-order valence-corrected chi connectivity index (χ1v) is 9.25. The second-order valence-corrected chi connectivity index (χ2v) is 8.27. The Kier molecular flexibility index (Phi) is 5.57. The summed E-state index contributed by atoms with van der Waals surface area (Å²) in [5.74, 6) is 0. The van der Waals surface area contributed by atoms with Crippen LogP contribution in [0, 0.1) is 0 Å². The summed E-state index contributed by atoms with van der Waals surface area (Å²) in [4.78, 5) is 3.22. The maximum Gasteiger partial charge on any atom is 0.252 e. The van der Waals surface area contributed by atoms with E-state index in [2.05, 4.69) is 11.8 Å². The molecule has 20 heavy (non-hydrogen) atoms. The van der Waals surface area contributed by atoms with Gasteiger partial charge in [-0.15, -0.1) is 11.3 Å². The minimum atomic E-state index is -3.35. The van der Waals surface area contributed by atoms with Crippen LogP contribution in [0.4, 0.5) is 0 Å². The van der Waals surface area contributed by atoms with Crippen molar-refractivity contribution < 1.29 is 13.5 Å². The lowest BCUT2D eigenvalue weighted by atomic mass is 10.3. The zero-order valence-electron chi connectivity index (χ0n) is 11.8. The summed E-state index contributed by atoms with van der Waals surface area (Å²) >= 11 is 1.27. The first-order chi connectivity index (χ1) is 9.57. The average Bonchev–Trinajstić information content (AvgIpc) is 2.90.